The van der Waals surface area contributed by atoms with E-state index in [1.165, 1.54) is 25.7 Å². The van der Waals surface area contributed by atoms with Crippen LogP contribution in [0.15, 0.2) is 58.5 Å². The lowest BCUT2D eigenvalue weighted by molar-refractivity contribution is 0.251. The Hall–Kier alpha value is -3.79. The maximum atomic E-state index is 12.2. The van der Waals surface area contributed by atoms with Crippen molar-refractivity contribution >= 4 is 47.5 Å². The molecule has 2 unspecified atom stereocenters. The molecule has 11 heteroatoms. The number of carbonyl (C=O) groups excluding carboxylic acids is 2. The van der Waals surface area contributed by atoms with E-state index in [0.717, 1.165) is 72.9 Å². The normalized spacial score (nSPS) is 17.1. The Labute approximate surface area is 261 Å². The van der Waals surface area contributed by atoms with Gasteiger partial charge in [0, 0.05) is 47.7 Å². The van der Waals surface area contributed by atoms with Crippen LogP contribution in [-0.2, 0) is 0 Å². The number of aliphatic imine (C=N–C) groups is 2. The van der Waals surface area contributed by atoms with Crippen LogP contribution in [0.25, 0.3) is 0 Å². The highest BCUT2D eigenvalue weighted by Crippen LogP contribution is 2.14. The fourth-order valence-corrected chi connectivity index (χ4v) is 4.94. The second kappa shape index (κ2) is 18.0. The zero-order valence-corrected chi connectivity index (χ0v) is 26.2. The summed E-state index contributed by atoms with van der Waals surface area (Å²) in [5.74, 6) is 1.83. The summed E-state index contributed by atoms with van der Waals surface area (Å²) < 4.78 is 0. The minimum Gasteiger partial charge on any atom is -0.366 e. The van der Waals surface area contributed by atoms with Gasteiger partial charge in [-0.2, -0.15) is 0 Å². The molecule has 6 N–H and O–H groups in total. The van der Waals surface area contributed by atoms with E-state index in [1.54, 1.807) is 0 Å². The molecular formula is C32H47ClN8O2. The smallest absolute Gasteiger partial charge is 0.319 e. The standard InChI is InChI=1S/C32H46N8O2.ClH/c1-23-21-35-29(37-23)25-11-15-27(16-12-25)39-31(41)33-19-9-7-5-3-4-6-8-10-20-34-32(42)40-28-17-13-26(14-18-28)30-36-22-24(2)38-30;/h11-18,23-24H,3-10,19-22H2,1-2H3,(H,35,37)(H,36,38)(H2,33,39,41)(H2,34,40,42);1H. The molecule has 0 spiro atoms. The highest BCUT2D eigenvalue weighted by molar-refractivity contribution is 6.01. The molecule has 0 aliphatic carbocycles. The van der Waals surface area contributed by atoms with Gasteiger partial charge in [0.25, 0.3) is 0 Å². The zero-order valence-electron chi connectivity index (χ0n) is 25.4. The minimum atomic E-state index is -0.171. The average Bonchev–Trinajstić information content (AvgIpc) is 3.62. The number of amidine groups is 2. The van der Waals surface area contributed by atoms with Crippen molar-refractivity contribution in [2.45, 2.75) is 77.3 Å². The van der Waals surface area contributed by atoms with Crippen molar-refractivity contribution in [1.29, 1.82) is 0 Å². The van der Waals surface area contributed by atoms with Crippen LogP contribution in [0.2, 0.25) is 0 Å². The zero-order chi connectivity index (χ0) is 29.6. The van der Waals surface area contributed by atoms with Crippen molar-refractivity contribution in [3.63, 3.8) is 0 Å². The molecule has 234 valence electrons. The fourth-order valence-electron chi connectivity index (χ4n) is 4.94. The monoisotopic (exact) mass is 610 g/mol. The van der Waals surface area contributed by atoms with E-state index in [1.807, 2.05) is 48.5 Å². The first-order valence-electron chi connectivity index (χ1n) is 15.4. The van der Waals surface area contributed by atoms with Gasteiger partial charge in [0.2, 0.25) is 0 Å². The van der Waals surface area contributed by atoms with Crippen LogP contribution in [0.3, 0.4) is 0 Å². The van der Waals surface area contributed by atoms with Crippen molar-refractivity contribution < 1.29 is 9.59 Å². The molecule has 0 fully saturated rings. The third kappa shape index (κ3) is 11.8. The van der Waals surface area contributed by atoms with Gasteiger partial charge in [0.05, 0.1) is 13.1 Å². The lowest BCUT2D eigenvalue weighted by Gasteiger charge is -2.10. The van der Waals surface area contributed by atoms with Crippen LogP contribution in [0.5, 0.6) is 0 Å². The number of nitrogens with one attached hydrogen (secondary N) is 6. The quantitative estimate of drug-likeness (QED) is 0.146. The van der Waals surface area contributed by atoms with Crippen LogP contribution in [0, 0.1) is 0 Å². The van der Waals surface area contributed by atoms with Crippen molar-refractivity contribution in [1.82, 2.24) is 21.3 Å². The first-order valence-corrected chi connectivity index (χ1v) is 15.4. The highest BCUT2D eigenvalue weighted by atomic mass is 35.5. The van der Waals surface area contributed by atoms with Crippen LogP contribution >= 0.6 is 12.4 Å². The Kier molecular flexibility index (Phi) is 14.1. The molecule has 0 saturated carbocycles. The van der Waals surface area contributed by atoms with Gasteiger partial charge in [-0.3, -0.25) is 9.98 Å². The summed E-state index contributed by atoms with van der Waals surface area (Å²) in [5, 5.41) is 18.3. The Balaban J connectivity index is 0.00000506. The molecule has 4 amide bonds. The number of carbonyl (C=O) groups is 2. The van der Waals surface area contributed by atoms with Crippen molar-refractivity contribution in [2.24, 2.45) is 9.98 Å². The molecule has 10 nitrogen and oxygen atoms in total. The van der Waals surface area contributed by atoms with Gasteiger partial charge in [-0.15, -0.1) is 12.4 Å². The lowest BCUT2D eigenvalue weighted by Crippen LogP contribution is -2.29. The fraction of sp³-hybridized carbons (Fsp3) is 0.500. The van der Waals surface area contributed by atoms with E-state index in [9.17, 15) is 9.59 Å². The van der Waals surface area contributed by atoms with Crippen LogP contribution in [-0.4, -0.2) is 62.0 Å². The van der Waals surface area contributed by atoms with Gasteiger partial charge >= 0.3 is 12.1 Å². The molecule has 4 rings (SSSR count). The maximum Gasteiger partial charge on any atom is 0.319 e. The molecule has 2 aromatic carbocycles. The molecule has 0 saturated heterocycles. The molecule has 0 aromatic heterocycles. The van der Waals surface area contributed by atoms with Gasteiger partial charge in [0.15, 0.2) is 0 Å². The molecule has 2 aliphatic heterocycles. The molecule has 0 bridgehead atoms. The first-order chi connectivity index (χ1) is 20.5. The Morgan fingerprint density at radius 1 is 0.628 bits per heavy atom. The van der Waals surface area contributed by atoms with E-state index >= 15 is 0 Å². The molecule has 2 aromatic rings. The van der Waals surface area contributed by atoms with E-state index in [-0.39, 0.29) is 24.5 Å². The van der Waals surface area contributed by atoms with Gasteiger partial charge in [-0.25, -0.2) is 9.59 Å². The van der Waals surface area contributed by atoms with E-state index in [4.69, 9.17) is 0 Å². The minimum absolute atomic E-state index is 0. The molecule has 2 heterocycles. The van der Waals surface area contributed by atoms with Crippen molar-refractivity contribution in [3.8, 4) is 0 Å². The number of urea groups is 2. The topological polar surface area (TPSA) is 131 Å². The Morgan fingerprint density at radius 2 is 0.977 bits per heavy atom. The van der Waals surface area contributed by atoms with Crippen LogP contribution < -0.4 is 31.9 Å². The number of halogens is 1. The summed E-state index contributed by atoms with van der Waals surface area (Å²) in [6.07, 6.45) is 8.89. The number of rotatable bonds is 15. The Morgan fingerprint density at radius 3 is 1.30 bits per heavy atom. The number of amides is 4. The summed E-state index contributed by atoms with van der Waals surface area (Å²) in [7, 11) is 0. The highest BCUT2D eigenvalue weighted by Gasteiger charge is 2.15. The summed E-state index contributed by atoms with van der Waals surface area (Å²) in [6, 6.07) is 15.9. The molecule has 2 aliphatic rings. The van der Waals surface area contributed by atoms with Gasteiger partial charge in [-0.1, -0.05) is 38.5 Å². The maximum absolute atomic E-state index is 12.2. The summed E-state index contributed by atoms with van der Waals surface area (Å²) in [6.45, 7) is 7.15. The van der Waals surface area contributed by atoms with E-state index in [2.05, 4.69) is 55.7 Å². The predicted octanol–water partition coefficient (Wildman–Crippen LogP) is 5.65. The molecule has 43 heavy (non-hydrogen) atoms. The number of benzene rings is 2. The summed E-state index contributed by atoms with van der Waals surface area (Å²) in [5.41, 5.74) is 3.61. The average molecular weight is 611 g/mol. The van der Waals surface area contributed by atoms with Gasteiger partial charge < -0.3 is 31.9 Å². The molecule has 0 radical (unpaired) electrons. The summed E-state index contributed by atoms with van der Waals surface area (Å²) in [4.78, 5) is 33.3. The number of hydrogen-bond donors (Lipinski definition) is 6. The second-order valence-corrected chi connectivity index (χ2v) is 11.2. The number of nitrogens with zero attached hydrogens (tertiary/aromatic N) is 2. The number of hydrogen-bond acceptors (Lipinski definition) is 6. The molecular weight excluding hydrogens is 564 g/mol. The van der Waals surface area contributed by atoms with E-state index < -0.39 is 0 Å². The second-order valence-electron chi connectivity index (χ2n) is 11.2. The number of unbranched alkanes of at least 4 members (excludes halogenated alkanes) is 7. The predicted molar refractivity (Wildman–Crippen MR) is 179 cm³/mol. The summed E-state index contributed by atoms with van der Waals surface area (Å²) >= 11 is 0. The van der Waals surface area contributed by atoms with Gasteiger partial charge in [-0.05, 0) is 75.2 Å². The number of anilines is 2. The van der Waals surface area contributed by atoms with E-state index in [0.29, 0.717) is 25.2 Å². The largest absolute Gasteiger partial charge is 0.366 e. The SMILES string of the molecule is CC1CN=C(c2ccc(NC(=O)NCCCCCCCCCCNC(=O)Nc3ccc(C4=NCC(C)N4)cc3)cc2)N1.Cl. The first kappa shape index (κ1) is 33.7. The Bertz CT molecular complexity index is 1120. The van der Waals surface area contributed by atoms with Crippen molar-refractivity contribution in [2.75, 3.05) is 36.8 Å². The third-order valence-corrected chi connectivity index (χ3v) is 7.32. The van der Waals surface area contributed by atoms with Crippen LogP contribution in [0.4, 0.5) is 21.0 Å². The molecule has 2 atom stereocenters. The third-order valence-electron chi connectivity index (χ3n) is 7.32. The van der Waals surface area contributed by atoms with Crippen molar-refractivity contribution in [3.05, 3.63) is 59.7 Å². The lowest BCUT2D eigenvalue weighted by atomic mass is 10.1. The van der Waals surface area contributed by atoms with Crippen LogP contribution in [0.1, 0.15) is 76.3 Å². The van der Waals surface area contributed by atoms with Gasteiger partial charge in [0.1, 0.15) is 11.7 Å².